The second-order valence-corrected chi connectivity index (χ2v) is 8.53. The van der Waals surface area contributed by atoms with Gasteiger partial charge in [0.05, 0.1) is 11.4 Å². The Morgan fingerprint density at radius 3 is 2.79 bits per heavy atom. The summed E-state index contributed by atoms with van der Waals surface area (Å²) in [5.41, 5.74) is 9.43. The van der Waals surface area contributed by atoms with Gasteiger partial charge in [0.1, 0.15) is 15.5 Å². The van der Waals surface area contributed by atoms with Crippen molar-refractivity contribution < 1.29 is 9.90 Å². The highest BCUT2D eigenvalue weighted by Gasteiger charge is 2.17. The predicted octanol–water partition coefficient (Wildman–Crippen LogP) is 3.86. The molecule has 1 aliphatic rings. The van der Waals surface area contributed by atoms with Crippen LogP contribution in [0.1, 0.15) is 40.2 Å². The number of carbonyl (C=O) groups excluding carboxylic acids is 1. The van der Waals surface area contributed by atoms with Crippen LogP contribution in [0, 0.1) is 6.92 Å². The van der Waals surface area contributed by atoms with Crippen LogP contribution in [0.2, 0.25) is 0 Å². The Labute approximate surface area is 174 Å². The fourth-order valence-corrected chi connectivity index (χ4v) is 4.84. The summed E-state index contributed by atoms with van der Waals surface area (Å²) in [6.07, 6.45) is 4.24. The number of hydrogen-bond donors (Lipinski definition) is 3. The number of carbonyl (C=O) groups is 1. The summed E-state index contributed by atoms with van der Waals surface area (Å²) in [5, 5.41) is 14.2. The molecule has 1 amide bonds. The van der Waals surface area contributed by atoms with Crippen molar-refractivity contribution in [3.05, 3.63) is 46.5 Å². The molecule has 0 saturated carbocycles. The minimum absolute atomic E-state index is 0.183. The third-order valence-electron chi connectivity index (χ3n) is 5.38. The molecule has 152 valence electrons. The van der Waals surface area contributed by atoms with E-state index in [4.69, 9.17) is 5.73 Å². The Morgan fingerprint density at radius 2 is 2.03 bits per heavy atom. The molecule has 0 atom stereocenters. The van der Waals surface area contributed by atoms with Crippen LogP contribution in [0.25, 0.3) is 10.2 Å². The number of pyridine rings is 1. The molecule has 0 bridgehead atoms. The number of phenolic OH excluding ortho intramolecular Hbond substituents is 1. The molecule has 29 heavy (non-hydrogen) atoms. The van der Waals surface area contributed by atoms with Crippen LogP contribution in [0.3, 0.4) is 0 Å². The van der Waals surface area contributed by atoms with Crippen LogP contribution in [0.5, 0.6) is 5.75 Å². The van der Waals surface area contributed by atoms with E-state index in [1.165, 1.54) is 30.6 Å². The largest absolute Gasteiger partial charge is 0.506 e. The third-order valence-corrected chi connectivity index (χ3v) is 6.49. The number of amides is 1. The fourth-order valence-electron chi connectivity index (χ4n) is 3.79. The molecule has 1 aromatic carbocycles. The van der Waals surface area contributed by atoms with Crippen molar-refractivity contribution in [1.29, 1.82) is 0 Å². The van der Waals surface area contributed by atoms with Crippen LogP contribution in [-0.4, -0.2) is 35.6 Å². The average Bonchev–Trinajstić information content (AvgIpc) is 3.04. The van der Waals surface area contributed by atoms with Gasteiger partial charge in [0.25, 0.3) is 5.91 Å². The van der Waals surface area contributed by atoms with Gasteiger partial charge in [-0.1, -0.05) is 6.07 Å². The maximum Gasteiger partial charge on any atom is 0.263 e. The average molecular weight is 411 g/mol. The van der Waals surface area contributed by atoms with Gasteiger partial charge in [0.2, 0.25) is 0 Å². The van der Waals surface area contributed by atoms with Crippen molar-refractivity contribution in [1.82, 2.24) is 10.3 Å². The van der Waals surface area contributed by atoms with Gasteiger partial charge in [-0.05, 0) is 62.4 Å². The van der Waals surface area contributed by atoms with E-state index in [1.807, 2.05) is 31.2 Å². The molecule has 4 N–H and O–H groups in total. The van der Waals surface area contributed by atoms with E-state index < -0.39 is 0 Å². The van der Waals surface area contributed by atoms with Gasteiger partial charge in [0, 0.05) is 30.7 Å². The number of anilines is 2. The summed E-state index contributed by atoms with van der Waals surface area (Å²) < 4.78 is 0. The Balaban J connectivity index is 1.38. The predicted molar refractivity (Wildman–Crippen MR) is 119 cm³/mol. The number of nitrogens with one attached hydrogen (secondary N) is 1. The second-order valence-electron chi connectivity index (χ2n) is 7.53. The number of rotatable bonds is 5. The number of nitrogens with zero attached hydrogens (tertiary/aromatic N) is 2. The van der Waals surface area contributed by atoms with Crippen LogP contribution in [-0.2, 0) is 6.42 Å². The lowest BCUT2D eigenvalue weighted by molar-refractivity contribution is 0.0959. The molecule has 3 heterocycles. The third kappa shape index (κ3) is 4.15. The molecular weight excluding hydrogens is 384 g/mol. The lowest BCUT2D eigenvalue weighted by atomic mass is 10.1. The SMILES string of the molecule is Cc1ccc2c(N)c(C(=O)NCCc3ccc(N4CCCCC4)c(O)c3)sc2n1. The highest BCUT2D eigenvalue weighted by molar-refractivity contribution is 7.21. The monoisotopic (exact) mass is 410 g/mol. The van der Waals surface area contributed by atoms with E-state index in [0.29, 0.717) is 29.3 Å². The summed E-state index contributed by atoms with van der Waals surface area (Å²) in [6.45, 7) is 4.38. The van der Waals surface area contributed by atoms with Crippen LogP contribution >= 0.6 is 11.3 Å². The van der Waals surface area contributed by atoms with Crippen molar-refractivity contribution in [2.75, 3.05) is 30.3 Å². The van der Waals surface area contributed by atoms with Crippen molar-refractivity contribution in [3.8, 4) is 5.75 Å². The number of nitrogens with two attached hydrogens (primary N) is 1. The molecule has 0 radical (unpaired) electrons. The summed E-state index contributed by atoms with van der Waals surface area (Å²) in [4.78, 5) is 20.5. The minimum atomic E-state index is -0.183. The maximum absolute atomic E-state index is 12.6. The van der Waals surface area contributed by atoms with Gasteiger partial charge in [0.15, 0.2) is 0 Å². The molecule has 6 nitrogen and oxygen atoms in total. The van der Waals surface area contributed by atoms with Crippen molar-refractivity contribution in [2.45, 2.75) is 32.6 Å². The number of aromatic nitrogens is 1. The number of thiophene rings is 1. The molecule has 0 unspecified atom stereocenters. The molecule has 1 aliphatic heterocycles. The number of benzene rings is 1. The number of fused-ring (bicyclic) bond motifs is 1. The lowest BCUT2D eigenvalue weighted by Gasteiger charge is -2.29. The first-order valence-corrected chi connectivity index (χ1v) is 10.9. The molecule has 7 heteroatoms. The molecular formula is C22H26N4O2S. The first-order valence-electron chi connectivity index (χ1n) is 10.0. The maximum atomic E-state index is 12.6. The zero-order valence-corrected chi connectivity index (χ0v) is 17.4. The van der Waals surface area contributed by atoms with Gasteiger partial charge in [-0.2, -0.15) is 0 Å². The van der Waals surface area contributed by atoms with Crippen molar-refractivity contribution in [2.24, 2.45) is 0 Å². The van der Waals surface area contributed by atoms with E-state index in [1.54, 1.807) is 6.07 Å². The van der Waals surface area contributed by atoms with Gasteiger partial charge < -0.3 is 21.1 Å². The first-order chi connectivity index (χ1) is 14.0. The first kappa shape index (κ1) is 19.5. The summed E-state index contributed by atoms with van der Waals surface area (Å²) >= 11 is 1.32. The second kappa shape index (κ2) is 8.29. The Bertz CT molecular complexity index is 1040. The number of aryl methyl sites for hydroxylation is 1. The molecule has 4 rings (SSSR count). The number of nitrogen functional groups attached to an aromatic ring is 1. The quantitative estimate of drug-likeness (QED) is 0.594. The standard InChI is InChI=1S/C22H26N4O2S/c1-14-5-7-16-19(23)20(29-22(16)25-14)21(28)24-10-9-15-6-8-17(18(27)13-15)26-11-3-2-4-12-26/h5-8,13,27H,2-4,9-12,23H2,1H3,(H,24,28). The van der Waals surface area contributed by atoms with Gasteiger partial charge in [-0.3, -0.25) is 4.79 Å². The highest BCUT2D eigenvalue weighted by Crippen LogP contribution is 2.33. The Kier molecular flexibility index (Phi) is 5.58. The number of aromatic hydroxyl groups is 1. The number of hydrogen-bond acceptors (Lipinski definition) is 6. The minimum Gasteiger partial charge on any atom is -0.506 e. The van der Waals surface area contributed by atoms with E-state index in [0.717, 1.165) is 40.3 Å². The zero-order valence-electron chi connectivity index (χ0n) is 16.6. The van der Waals surface area contributed by atoms with Crippen LogP contribution in [0.4, 0.5) is 11.4 Å². The van der Waals surface area contributed by atoms with Crippen molar-refractivity contribution in [3.63, 3.8) is 0 Å². The molecule has 1 saturated heterocycles. The van der Waals surface area contributed by atoms with Gasteiger partial charge >= 0.3 is 0 Å². The van der Waals surface area contributed by atoms with E-state index in [9.17, 15) is 9.90 Å². The highest BCUT2D eigenvalue weighted by atomic mass is 32.1. The summed E-state index contributed by atoms with van der Waals surface area (Å²) in [5.74, 6) is 0.128. The Hall–Kier alpha value is -2.80. The summed E-state index contributed by atoms with van der Waals surface area (Å²) in [6, 6.07) is 9.61. The van der Waals surface area contributed by atoms with Crippen LogP contribution < -0.4 is 16.0 Å². The fraction of sp³-hybridized carbons (Fsp3) is 0.364. The van der Waals surface area contributed by atoms with Crippen LogP contribution in [0.15, 0.2) is 30.3 Å². The molecule has 1 fully saturated rings. The van der Waals surface area contributed by atoms with Gasteiger partial charge in [-0.15, -0.1) is 11.3 Å². The molecule has 2 aromatic heterocycles. The van der Waals surface area contributed by atoms with Gasteiger partial charge in [-0.25, -0.2) is 4.98 Å². The topological polar surface area (TPSA) is 91.5 Å². The summed E-state index contributed by atoms with van der Waals surface area (Å²) in [7, 11) is 0. The smallest absolute Gasteiger partial charge is 0.263 e. The van der Waals surface area contributed by atoms with E-state index in [-0.39, 0.29) is 5.91 Å². The molecule has 0 spiro atoms. The molecule has 3 aromatic rings. The lowest BCUT2D eigenvalue weighted by Crippen LogP contribution is -2.29. The van der Waals surface area contributed by atoms with Crippen molar-refractivity contribution >= 4 is 38.8 Å². The Morgan fingerprint density at radius 1 is 1.24 bits per heavy atom. The normalized spacial score (nSPS) is 14.3. The number of piperidine rings is 1. The zero-order chi connectivity index (χ0) is 20.4. The molecule has 0 aliphatic carbocycles. The van der Waals surface area contributed by atoms with E-state index in [2.05, 4.69) is 15.2 Å². The number of phenols is 1. The van der Waals surface area contributed by atoms with E-state index >= 15 is 0 Å².